The molecule has 0 amide bonds. The third kappa shape index (κ3) is 4.23. The van der Waals surface area contributed by atoms with E-state index in [4.69, 9.17) is 0 Å². The molecule has 2 aliphatic carbocycles. The largest absolute Gasteiger partial charge is 0.0992 e. The Labute approximate surface area is 119 Å². The van der Waals surface area contributed by atoms with Gasteiger partial charge >= 0.3 is 0 Å². The second kappa shape index (κ2) is 6.93. The summed E-state index contributed by atoms with van der Waals surface area (Å²) in [5.41, 5.74) is 7.47. The lowest BCUT2D eigenvalue weighted by Crippen LogP contribution is -1.95. The van der Waals surface area contributed by atoms with Gasteiger partial charge in [-0.15, -0.1) is 0 Å². The summed E-state index contributed by atoms with van der Waals surface area (Å²) in [5, 5.41) is 0. The van der Waals surface area contributed by atoms with Gasteiger partial charge in [-0.05, 0) is 63.5 Å². The first-order chi connectivity index (χ1) is 9.16. The highest BCUT2D eigenvalue weighted by Gasteiger charge is 2.11. The van der Waals surface area contributed by atoms with Crippen molar-refractivity contribution in [3.8, 4) is 0 Å². The quantitative estimate of drug-likeness (QED) is 0.485. The molecule has 0 nitrogen and oxygen atoms in total. The topological polar surface area (TPSA) is 0 Å². The van der Waals surface area contributed by atoms with E-state index in [-0.39, 0.29) is 0 Å². The van der Waals surface area contributed by atoms with Gasteiger partial charge in [0.2, 0.25) is 0 Å². The van der Waals surface area contributed by atoms with Crippen LogP contribution in [0, 0.1) is 0 Å². The van der Waals surface area contributed by atoms with Crippen LogP contribution in [0.3, 0.4) is 0 Å². The van der Waals surface area contributed by atoms with Crippen molar-refractivity contribution in [1.82, 2.24) is 0 Å². The molecule has 2 aliphatic rings. The molecule has 1 fully saturated rings. The average Bonchev–Trinajstić information content (AvgIpc) is 2.44. The van der Waals surface area contributed by atoms with Crippen molar-refractivity contribution < 1.29 is 0 Å². The summed E-state index contributed by atoms with van der Waals surface area (Å²) in [4.78, 5) is 0. The molecule has 0 unspecified atom stereocenters. The van der Waals surface area contributed by atoms with Gasteiger partial charge < -0.3 is 0 Å². The van der Waals surface area contributed by atoms with Gasteiger partial charge in [0, 0.05) is 0 Å². The Bertz CT molecular complexity index is 419. The van der Waals surface area contributed by atoms with Crippen LogP contribution < -0.4 is 0 Å². The first-order valence-electron chi connectivity index (χ1n) is 7.90. The zero-order chi connectivity index (χ0) is 13.7. The minimum atomic E-state index is 1.05. The molecule has 0 heteroatoms. The fourth-order valence-electron chi connectivity index (χ4n) is 3.23. The van der Waals surface area contributed by atoms with Gasteiger partial charge in [-0.1, -0.05) is 54.7 Å². The second-order valence-corrected chi connectivity index (χ2v) is 6.28. The van der Waals surface area contributed by atoms with E-state index in [1.54, 1.807) is 5.57 Å². The Morgan fingerprint density at radius 1 is 1.00 bits per heavy atom. The molecule has 2 rings (SSSR count). The van der Waals surface area contributed by atoms with Crippen molar-refractivity contribution >= 4 is 0 Å². The molecular weight excluding hydrogens is 228 g/mol. The van der Waals surface area contributed by atoms with E-state index in [9.17, 15) is 0 Å². The normalized spacial score (nSPS) is 22.5. The molecule has 0 N–H and O–H groups in total. The first kappa shape index (κ1) is 14.4. The fourth-order valence-corrected chi connectivity index (χ4v) is 3.23. The van der Waals surface area contributed by atoms with Crippen molar-refractivity contribution in [2.24, 2.45) is 0 Å². The monoisotopic (exact) mass is 256 g/mol. The Morgan fingerprint density at radius 2 is 1.63 bits per heavy atom. The van der Waals surface area contributed by atoms with Crippen LogP contribution in [0.1, 0.15) is 71.6 Å². The van der Waals surface area contributed by atoms with Crippen molar-refractivity contribution in [3.05, 3.63) is 46.6 Å². The Hall–Kier alpha value is -1.04. The summed E-state index contributed by atoms with van der Waals surface area (Å²) < 4.78 is 0. The molecule has 0 aromatic heterocycles. The van der Waals surface area contributed by atoms with Gasteiger partial charge in [0.05, 0.1) is 0 Å². The molecule has 0 aromatic carbocycles. The zero-order valence-corrected chi connectivity index (χ0v) is 12.7. The highest BCUT2D eigenvalue weighted by atomic mass is 14.2. The maximum Gasteiger partial charge on any atom is -0.0102 e. The maximum atomic E-state index is 4.17. The molecule has 19 heavy (non-hydrogen) atoms. The predicted molar refractivity (Wildman–Crippen MR) is 85.2 cm³/mol. The minimum Gasteiger partial charge on any atom is -0.0992 e. The molecule has 0 atom stereocenters. The molecule has 0 spiro atoms. The van der Waals surface area contributed by atoms with E-state index >= 15 is 0 Å². The molecule has 0 saturated heterocycles. The van der Waals surface area contributed by atoms with E-state index in [0.717, 1.165) is 12.8 Å². The van der Waals surface area contributed by atoms with Crippen molar-refractivity contribution in [3.63, 3.8) is 0 Å². The van der Waals surface area contributed by atoms with E-state index in [0.29, 0.717) is 0 Å². The number of hydrogen-bond donors (Lipinski definition) is 0. The molecular formula is C19H28. The van der Waals surface area contributed by atoms with E-state index < -0.39 is 0 Å². The van der Waals surface area contributed by atoms with Crippen molar-refractivity contribution in [2.45, 2.75) is 71.6 Å². The van der Waals surface area contributed by atoms with Crippen LogP contribution in [0.25, 0.3) is 0 Å². The third-order valence-electron chi connectivity index (χ3n) is 4.44. The van der Waals surface area contributed by atoms with Gasteiger partial charge in [-0.25, -0.2) is 0 Å². The van der Waals surface area contributed by atoms with Crippen molar-refractivity contribution in [2.75, 3.05) is 0 Å². The van der Waals surface area contributed by atoms with Crippen LogP contribution in [0.2, 0.25) is 0 Å². The number of hydrogen-bond acceptors (Lipinski definition) is 0. The third-order valence-corrected chi connectivity index (χ3v) is 4.44. The van der Waals surface area contributed by atoms with Crippen LogP contribution in [-0.2, 0) is 0 Å². The van der Waals surface area contributed by atoms with Crippen LogP contribution in [0.15, 0.2) is 46.6 Å². The summed E-state index contributed by atoms with van der Waals surface area (Å²) in [7, 11) is 0. The molecule has 104 valence electrons. The molecule has 0 heterocycles. The average molecular weight is 256 g/mol. The molecule has 0 bridgehead atoms. The lowest BCUT2D eigenvalue weighted by molar-refractivity contribution is 0.568. The lowest BCUT2D eigenvalue weighted by Gasteiger charge is -2.14. The van der Waals surface area contributed by atoms with Gasteiger partial charge in [0.25, 0.3) is 0 Å². The molecule has 1 saturated carbocycles. The summed E-state index contributed by atoms with van der Waals surface area (Å²) in [6, 6.07) is 0. The van der Waals surface area contributed by atoms with Crippen molar-refractivity contribution in [1.29, 1.82) is 0 Å². The van der Waals surface area contributed by atoms with E-state index in [2.05, 4.69) is 32.6 Å². The number of rotatable bonds is 1. The van der Waals surface area contributed by atoms with E-state index in [1.165, 1.54) is 67.2 Å². The SMILES string of the molecule is C=C1CC=C(C)C(C=C2CCCCCCC2)=C(C)C1. The molecule has 0 aliphatic heterocycles. The maximum absolute atomic E-state index is 4.17. The summed E-state index contributed by atoms with van der Waals surface area (Å²) >= 11 is 0. The summed E-state index contributed by atoms with van der Waals surface area (Å²) in [6.07, 6.45) is 16.6. The van der Waals surface area contributed by atoms with Crippen LogP contribution in [0.5, 0.6) is 0 Å². The van der Waals surface area contributed by atoms with E-state index in [1.807, 2.05) is 0 Å². The Kier molecular flexibility index (Phi) is 5.24. The van der Waals surface area contributed by atoms with Gasteiger partial charge in [-0.3, -0.25) is 0 Å². The Balaban J connectivity index is 2.22. The van der Waals surface area contributed by atoms with Crippen LogP contribution in [-0.4, -0.2) is 0 Å². The van der Waals surface area contributed by atoms with Crippen LogP contribution >= 0.6 is 0 Å². The summed E-state index contributed by atoms with van der Waals surface area (Å²) in [6.45, 7) is 8.71. The predicted octanol–water partition coefficient (Wildman–Crippen LogP) is 6.27. The minimum absolute atomic E-state index is 1.05. The highest BCUT2D eigenvalue weighted by Crippen LogP contribution is 2.30. The van der Waals surface area contributed by atoms with Gasteiger partial charge in [0.15, 0.2) is 0 Å². The first-order valence-corrected chi connectivity index (χ1v) is 7.90. The highest BCUT2D eigenvalue weighted by molar-refractivity contribution is 5.46. The smallest absolute Gasteiger partial charge is 0.0102 e. The molecule has 0 aromatic rings. The fraction of sp³-hybridized carbons (Fsp3) is 0.579. The Morgan fingerprint density at radius 3 is 2.32 bits per heavy atom. The molecule has 0 radical (unpaired) electrons. The van der Waals surface area contributed by atoms with Gasteiger partial charge in [0.1, 0.15) is 0 Å². The number of allylic oxidation sites excluding steroid dienone is 7. The van der Waals surface area contributed by atoms with Crippen LogP contribution in [0.4, 0.5) is 0 Å². The lowest BCUT2D eigenvalue weighted by atomic mass is 9.92. The zero-order valence-electron chi connectivity index (χ0n) is 12.7. The summed E-state index contributed by atoms with van der Waals surface area (Å²) in [5.74, 6) is 0. The van der Waals surface area contributed by atoms with Gasteiger partial charge in [-0.2, -0.15) is 0 Å². The second-order valence-electron chi connectivity index (χ2n) is 6.28. The standard InChI is InChI=1S/C19H28/c1-15-11-12-16(2)19(17(3)13-15)14-18-9-7-5-4-6-8-10-18/h12,14H,1,4-11,13H2,2-3H3.